The predicted molar refractivity (Wildman–Crippen MR) is 55.2 cm³/mol. The first-order valence-electron chi connectivity index (χ1n) is 4.12. The molecule has 0 radical (unpaired) electrons. The summed E-state index contributed by atoms with van der Waals surface area (Å²) in [4.78, 5) is 13.5. The number of halogens is 3. The Hall–Kier alpha value is -1.06. The van der Waals surface area contributed by atoms with Gasteiger partial charge in [-0.25, -0.2) is 13.6 Å². The third kappa shape index (κ3) is 2.49. The van der Waals surface area contributed by atoms with Gasteiger partial charge in [-0.1, -0.05) is 15.9 Å². The van der Waals surface area contributed by atoms with Crippen LogP contribution < -0.4 is 0 Å². The molecular weight excluding hydrogens is 268 g/mol. The summed E-state index contributed by atoms with van der Waals surface area (Å²) in [6.45, 7) is 2.88. The number of isocyanates is 1. The van der Waals surface area contributed by atoms with Crippen LogP contribution in [0.15, 0.2) is 21.6 Å². The van der Waals surface area contributed by atoms with Gasteiger partial charge in [-0.15, -0.1) is 0 Å². The number of hydrogen-bond acceptors (Lipinski definition) is 2. The Labute approximate surface area is 94.1 Å². The summed E-state index contributed by atoms with van der Waals surface area (Å²) in [6.07, 6.45) is 1.31. The van der Waals surface area contributed by atoms with Crippen LogP contribution in [0.1, 0.15) is 19.4 Å². The molecule has 0 fully saturated rings. The van der Waals surface area contributed by atoms with E-state index < -0.39 is 17.2 Å². The van der Waals surface area contributed by atoms with Crippen LogP contribution in [-0.2, 0) is 10.3 Å². The van der Waals surface area contributed by atoms with Crippen LogP contribution in [0.4, 0.5) is 8.78 Å². The molecule has 5 heteroatoms. The highest BCUT2D eigenvalue weighted by Gasteiger charge is 2.27. The molecule has 0 aliphatic rings. The van der Waals surface area contributed by atoms with Crippen molar-refractivity contribution in [3.8, 4) is 0 Å². The van der Waals surface area contributed by atoms with E-state index >= 15 is 0 Å². The van der Waals surface area contributed by atoms with E-state index in [-0.39, 0.29) is 5.56 Å². The summed E-state index contributed by atoms with van der Waals surface area (Å²) in [5, 5.41) is 0. The third-order valence-electron chi connectivity index (χ3n) is 1.94. The van der Waals surface area contributed by atoms with E-state index in [9.17, 15) is 13.6 Å². The summed E-state index contributed by atoms with van der Waals surface area (Å²) in [5.41, 5.74) is -1.49. The van der Waals surface area contributed by atoms with Crippen LogP contribution in [-0.4, -0.2) is 6.08 Å². The molecule has 1 rings (SSSR count). The molecule has 0 saturated carbocycles. The molecule has 0 unspecified atom stereocenters. The molecule has 1 aromatic rings. The van der Waals surface area contributed by atoms with E-state index in [0.717, 1.165) is 12.1 Å². The van der Waals surface area contributed by atoms with Crippen molar-refractivity contribution >= 4 is 22.0 Å². The van der Waals surface area contributed by atoms with Crippen molar-refractivity contribution in [1.82, 2.24) is 0 Å². The average molecular weight is 276 g/mol. The SMILES string of the molecule is CC(C)(N=C=O)c1c(F)cc(Br)cc1F. The molecule has 0 amide bonds. The molecule has 0 N–H and O–H groups in total. The normalized spacial score (nSPS) is 11.0. The topological polar surface area (TPSA) is 29.4 Å². The predicted octanol–water partition coefficient (Wildman–Crippen LogP) is 3.30. The highest BCUT2D eigenvalue weighted by molar-refractivity contribution is 9.10. The number of nitrogens with zero attached hydrogens (tertiary/aromatic N) is 1. The monoisotopic (exact) mass is 275 g/mol. The highest BCUT2D eigenvalue weighted by Crippen LogP contribution is 2.31. The summed E-state index contributed by atoms with van der Waals surface area (Å²) in [6, 6.07) is 2.25. The minimum atomic E-state index is -1.25. The van der Waals surface area contributed by atoms with Crippen molar-refractivity contribution in [1.29, 1.82) is 0 Å². The molecule has 15 heavy (non-hydrogen) atoms. The van der Waals surface area contributed by atoms with Crippen molar-refractivity contribution in [2.45, 2.75) is 19.4 Å². The van der Waals surface area contributed by atoms with Crippen LogP contribution in [0.2, 0.25) is 0 Å². The van der Waals surface area contributed by atoms with Gasteiger partial charge in [0, 0.05) is 4.47 Å². The minimum absolute atomic E-state index is 0.242. The lowest BCUT2D eigenvalue weighted by Gasteiger charge is -2.19. The second kappa shape index (κ2) is 4.21. The van der Waals surface area contributed by atoms with Gasteiger partial charge < -0.3 is 0 Å². The minimum Gasteiger partial charge on any atom is -0.211 e. The lowest BCUT2D eigenvalue weighted by atomic mass is 9.94. The van der Waals surface area contributed by atoms with Gasteiger partial charge in [0.05, 0.1) is 11.1 Å². The van der Waals surface area contributed by atoms with E-state index in [0.29, 0.717) is 4.47 Å². The van der Waals surface area contributed by atoms with Crippen molar-refractivity contribution in [2.75, 3.05) is 0 Å². The zero-order chi connectivity index (χ0) is 11.6. The van der Waals surface area contributed by atoms with Gasteiger partial charge >= 0.3 is 0 Å². The van der Waals surface area contributed by atoms with Gasteiger partial charge in [0.25, 0.3) is 0 Å². The first-order valence-corrected chi connectivity index (χ1v) is 4.92. The number of rotatable bonds is 2. The maximum Gasteiger partial charge on any atom is 0.235 e. The molecule has 80 valence electrons. The Balaban J connectivity index is 3.43. The molecule has 2 nitrogen and oxygen atoms in total. The number of carbonyl (C=O) groups excluding carboxylic acids is 1. The molecule has 0 atom stereocenters. The number of benzene rings is 1. The Morgan fingerprint density at radius 2 is 1.80 bits per heavy atom. The standard InChI is InChI=1S/C10H8BrF2NO/c1-10(2,14-5-15)9-7(12)3-6(11)4-8(9)13/h3-4H,1-2H3. The van der Waals surface area contributed by atoms with Crippen LogP contribution >= 0.6 is 15.9 Å². The van der Waals surface area contributed by atoms with E-state index in [2.05, 4.69) is 20.9 Å². The second-order valence-corrected chi connectivity index (χ2v) is 4.42. The first-order chi connectivity index (χ1) is 6.88. The second-order valence-electron chi connectivity index (χ2n) is 3.51. The lowest BCUT2D eigenvalue weighted by Crippen LogP contribution is -2.18. The molecular formula is C10H8BrF2NO. The number of aliphatic imine (C=N–C) groups is 1. The van der Waals surface area contributed by atoms with Gasteiger partial charge in [0.1, 0.15) is 11.6 Å². The molecule has 0 saturated heterocycles. The molecule has 1 aromatic carbocycles. The fraction of sp³-hybridized carbons (Fsp3) is 0.300. The summed E-state index contributed by atoms with van der Waals surface area (Å²) < 4.78 is 27.2. The fourth-order valence-electron chi connectivity index (χ4n) is 1.30. The zero-order valence-corrected chi connectivity index (χ0v) is 9.73. The van der Waals surface area contributed by atoms with Gasteiger partial charge in [-0.3, -0.25) is 0 Å². The van der Waals surface area contributed by atoms with E-state index in [1.54, 1.807) is 0 Å². The summed E-state index contributed by atoms with van der Waals surface area (Å²) in [7, 11) is 0. The lowest BCUT2D eigenvalue weighted by molar-refractivity contribution is 0.455. The van der Waals surface area contributed by atoms with Crippen LogP contribution in [0.25, 0.3) is 0 Å². The van der Waals surface area contributed by atoms with Crippen molar-refractivity contribution in [3.63, 3.8) is 0 Å². The molecule has 0 aliphatic carbocycles. The van der Waals surface area contributed by atoms with Crippen molar-refractivity contribution < 1.29 is 13.6 Å². The summed E-state index contributed by atoms with van der Waals surface area (Å²) in [5.74, 6) is -1.49. The Morgan fingerprint density at radius 1 is 1.33 bits per heavy atom. The van der Waals surface area contributed by atoms with Gasteiger partial charge in [-0.05, 0) is 26.0 Å². The molecule has 0 bridgehead atoms. The van der Waals surface area contributed by atoms with Gasteiger partial charge in [0.2, 0.25) is 6.08 Å². The molecule has 0 aliphatic heterocycles. The largest absolute Gasteiger partial charge is 0.235 e. The smallest absolute Gasteiger partial charge is 0.211 e. The average Bonchev–Trinajstić information content (AvgIpc) is 1.99. The summed E-state index contributed by atoms with van der Waals surface area (Å²) >= 11 is 2.96. The van der Waals surface area contributed by atoms with Gasteiger partial charge in [0.15, 0.2) is 0 Å². The molecule has 0 heterocycles. The Kier molecular flexibility index (Phi) is 3.37. The fourth-order valence-corrected chi connectivity index (χ4v) is 1.70. The third-order valence-corrected chi connectivity index (χ3v) is 2.40. The van der Waals surface area contributed by atoms with Crippen LogP contribution in [0.5, 0.6) is 0 Å². The first kappa shape index (κ1) is 12.0. The highest BCUT2D eigenvalue weighted by atomic mass is 79.9. The van der Waals surface area contributed by atoms with Crippen LogP contribution in [0.3, 0.4) is 0 Å². The van der Waals surface area contributed by atoms with E-state index in [1.165, 1.54) is 19.9 Å². The quantitative estimate of drug-likeness (QED) is 0.602. The van der Waals surface area contributed by atoms with Crippen LogP contribution in [0, 0.1) is 11.6 Å². The Bertz CT molecular complexity index is 416. The Morgan fingerprint density at radius 3 is 2.20 bits per heavy atom. The van der Waals surface area contributed by atoms with Crippen molar-refractivity contribution in [2.24, 2.45) is 4.99 Å². The zero-order valence-electron chi connectivity index (χ0n) is 8.14. The molecule has 0 spiro atoms. The van der Waals surface area contributed by atoms with E-state index in [4.69, 9.17) is 0 Å². The maximum absolute atomic E-state index is 13.5. The van der Waals surface area contributed by atoms with Gasteiger partial charge in [-0.2, -0.15) is 4.99 Å². The number of hydrogen-bond donors (Lipinski definition) is 0. The maximum atomic E-state index is 13.5. The van der Waals surface area contributed by atoms with E-state index in [1.807, 2.05) is 0 Å². The van der Waals surface area contributed by atoms with Crippen molar-refractivity contribution in [3.05, 3.63) is 33.8 Å². The molecule has 0 aromatic heterocycles.